The lowest BCUT2D eigenvalue weighted by Gasteiger charge is -2.25. The lowest BCUT2D eigenvalue weighted by Crippen LogP contribution is -2.49. The number of hydrogen-bond acceptors (Lipinski definition) is 6. The number of nitrogens with zero attached hydrogens (tertiary/aromatic N) is 4. The highest BCUT2D eigenvalue weighted by molar-refractivity contribution is 7.89. The minimum Gasteiger partial charge on any atom is -0.464 e. The smallest absolute Gasteiger partial charge is 0.372 e. The van der Waals surface area contributed by atoms with Crippen molar-refractivity contribution in [2.45, 2.75) is 18.0 Å². The van der Waals surface area contributed by atoms with E-state index < -0.39 is 16.0 Å². The Labute approximate surface area is 232 Å². The van der Waals surface area contributed by atoms with Gasteiger partial charge in [-0.15, -0.1) is 17.2 Å². The highest BCUT2D eigenvalue weighted by Gasteiger charge is 2.24. The topological polar surface area (TPSA) is 128 Å². The van der Waals surface area contributed by atoms with E-state index in [9.17, 15) is 18.5 Å². The van der Waals surface area contributed by atoms with Crippen LogP contribution in [0.25, 0.3) is 10.8 Å². The van der Waals surface area contributed by atoms with E-state index in [1.807, 2.05) is 54.7 Å². The number of nitrogens with one attached hydrogen (secondary N) is 2. The van der Waals surface area contributed by atoms with Crippen molar-refractivity contribution in [1.29, 1.82) is 5.26 Å². The van der Waals surface area contributed by atoms with Gasteiger partial charge in [-0.2, -0.15) is 9.83 Å². The number of pyridine rings is 1. The second-order valence-electron chi connectivity index (χ2n) is 8.12. The summed E-state index contributed by atoms with van der Waals surface area (Å²) >= 11 is 0. The van der Waals surface area contributed by atoms with Gasteiger partial charge < -0.3 is 4.74 Å². The van der Waals surface area contributed by atoms with Crippen molar-refractivity contribution >= 4 is 50.8 Å². The molecule has 0 aliphatic rings. The van der Waals surface area contributed by atoms with Gasteiger partial charge in [-0.05, 0) is 17.0 Å². The number of fused-ring (bicyclic) bond motifs is 1. The largest absolute Gasteiger partial charge is 0.464 e. The van der Waals surface area contributed by atoms with Crippen LogP contribution >= 0.6 is 12.4 Å². The first kappa shape index (κ1) is 29.1. The molecule has 0 unspecified atom stereocenters. The van der Waals surface area contributed by atoms with Crippen LogP contribution in [-0.4, -0.2) is 32.5 Å². The minimum absolute atomic E-state index is 0. The molecular formula is C27H26ClN6O4S+. The third-order valence-corrected chi connectivity index (χ3v) is 6.92. The zero-order chi connectivity index (χ0) is 27.0. The fourth-order valence-electron chi connectivity index (χ4n) is 3.71. The molecule has 0 atom stereocenters. The standard InChI is InChI=1S/C27H24N6O4S.ClH/c1-37-26(34)19-32-16-14-23(15-17-32)30-27(29-20-28)33(18-21-8-3-2-4-9-21)31-38(35,36)25-13-7-11-22-10-5-6-12-24(22)25;/h2-17,31H,18-19H2,1H3;1H/p+1. The van der Waals surface area contributed by atoms with E-state index >= 15 is 0 Å². The number of sulfonamides is 1. The Morgan fingerprint density at radius 3 is 2.36 bits per heavy atom. The van der Waals surface area contributed by atoms with Crippen molar-refractivity contribution in [2.24, 2.45) is 4.99 Å². The molecule has 200 valence electrons. The van der Waals surface area contributed by atoms with Crippen LogP contribution in [0, 0.1) is 11.5 Å². The van der Waals surface area contributed by atoms with E-state index in [1.54, 1.807) is 47.3 Å². The number of ether oxygens (including phenoxy) is 1. The molecule has 39 heavy (non-hydrogen) atoms. The Hall–Kier alpha value is -4.50. The quantitative estimate of drug-likeness (QED) is 0.0638. The number of halogens is 1. The summed E-state index contributed by atoms with van der Waals surface area (Å²) in [5, 5.41) is 14.6. The first-order chi connectivity index (χ1) is 18.4. The maximum Gasteiger partial charge on any atom is 0.372 e. The maximum atomic E-state index is 13.6. The third-order valence-electron chi connectivity index (χ3n) is 5.52. The molecule has 10 nitrogen and oxygen atoms in total. The van der Waals surface area contributed by atoms with Crippen LogP contribution in [0.1, 0.15) is 5.56 Å². The molecule has 12 heteroatoms. The molecule has 0 saturated carbocycles. The fraction of sp³-hybridized carbons (Fsp3) is 0.111. The van der Waals surface area contributed by atoms with Crippen LogP contribution in [0.4, 0.5) is 5.69 Å². The van der Waals surface area contributed by atoms with Crippen LogP contribution in [0.5, 0.6) is 0 Å². The van der Waals surface area contributed by atoms with Gasteiger partial charge in [-0.3, -0.25) is 10.3 Å². The van der Waals surface area contributed by atoms with Crippen LogP contribution in [0.3, 0.4) is 0 Å². The van der Waals surface area contributed by atoms with Crippen molar-refractivity contribution in [2.75, 3.05) is 7.11 Å². The normalized spacial score (nSPS) is 11.2. The number of aromatic nitrogens is 1. The predicted molar refractivity (Wildman–Crippen MR) is 148 cm³/mol. The van der Waals surface area contributed by atoms with E-state index in [-0.39, 0.29) is 36.4 Å². The number of carbonyl (C=O) groups is 1. The monoisotopic (exact) mass is 565 g/mol. The maximum absolute atomic E-state index is 13.6. The molecule has 3 aromatic carbocycles. The third kappa shape index (κ3) is 7.52. The Morgan fingerprint density at radius 1 is 1.00 bits per heavy atom. The van der Waals surface area contributed by atoms with Crippen LogP contribution in [-0.2, 0) is 32.6 Å². The van der Waals surface area contributed by atoms with Gasteiger partial charge in [0.1, 0.15) is 0 Å². The average Bonchev–Trinajstić information content (AvgIpc) is 2.93. The fourth-order valence-corrected chi connectivity index (χ4v) is 4.98. The van der Waals surface area contributed by atoms with Gasteiger partial charge in [0.15, 0.2) is 18.6 Å². The van der Waals surface area contributed by atoms with E-state index in [2.05, 4.69) is 19.9 Å². The van der Waals surface area contributed by atoms with Gasteiger partial charge in [-0.25, -0.2) is 18.2 Å². The number of esters is 1. The van der Waals surface area contributed by atoms with Crippen molar-refractivity contribution in [1.82, 2.24) is 15.2 Å². The molecule has 0 radical (unpaired) electrons. The van der Waals surface area contributed by atoms with Crippen LogP contribution in [0.2, 0.25) is 0 Å². The van der Waals surface area contributed by atoms with Gasteiger partial charge in [-0.1, -0.05) is 66.7 Å². The lowest BCUT2D eigenvalue weighted by molar-refractivity contribution is -0.685. The van der Waals surface area contributed by atoms with Gasteiger partial charge in [0, 0.05) is 17.5 Å². The predicted octanol–water partition coefficient (Wildman–Crippen LogP) is 3.18. The minimum atomic E-state index is -4.09. The van der Waals surface area contributed by atoms with E-state index in [1.165, 1.54) is 18.2 Å². The highest BCUT2D eigenvalue weighted by atomic mass is 35.5. The van der Waals surface area contributed by atoms with Crippen LogP contribution < -0.4 is 14.7 Å². The SMILES string of the molecule is COC(=O)C[n+]1ccc(N=C(NC#N)N(Cc2ccccc2)NS(=O)(=O)c2cccc3ccccc23)cc1.Cl. The van der Waals surface area contributed by atoms with E-state index in [0.717, 1.165) is 10.9 Å². The molecule has 0 saturated heterocycles. The molecule has 0 amide bonds. The molecule has 0 aliphatic carbocycles. The van der Waals surface area contributed by atoms with Crippen molar-refractivity contribution in [3.63, 3.8) is 0 Å². The first-order valence-corrected chi connectivity index (χ1v) is 13.0. The Kier molecular flexibility index (Phi) is 9.94. The zero-order valence-electron chi connectivity index (χ0n) is 20.9. The number of rotatable bonds is 8. The second kappa shape index (κ2) is 13.3. The van der Waals surface area contributed by atoms with Gasteiger partial charge in [0.25, 0.3) is 10.0 Å². The summed E-state index contributed by atoms with van der Waals surface area (Å²) in [5.41, 5.74) is 1.20. The van der Waals surface area contributed by atoms with E-state index in [0.29, 0.717) is 11.1 Å². The van der Waals surface area contributed by atoms with Gasteiger partial charge in [0.2, 0.25) is 12.5 Å². The number of aliphatic imine (C=N–C) groups is 1. The molecule has 1 heterocycles. The average molecular weight is 566 g/mol. The molecule has 4 rings (SSSR count). The highest BCUT2D eigenvalue weighted by Crippen LogP contribution is 2.23. The summed E-state index contributed by atoms with van der Waals surface area (Å²) in [6.07, 6.45) is 5.08. The lowest BCUT2D eigenvalue weighted by atomic mass is 10.1. The Balaban J connectivity index is 0.00000420. The number of carbonyl (C=O) groups excluding carboxylic acids is 1. The molecule has 4 aromatic rings. The number of hydrazine groups is 1. The number of hydrogen-bond donors (Lipinski definition) is 2. The Bertz CT molecular complexity index is 1600. The Morgan fingerprint density at radius 2 is 1.67 bits per heavy atom. The summed E-state index contributed by atoms with van der Waals surface area (Å²) < 4.78 is 33.5. The van der Waals surface area contributed by atoms with Crippen molar-refractivity contribution in [3.05, 3.63) is 103 Å². The first-order valence-electron chi connectivity index (χ1n) is 11.5. The molecule has 0 aliphatic heterocycles. The second-order valence-corrected chi connectivity index (χ2v) is 9.75. The summed E-state index contributed by atoms with van der Waals surface area (Å²) in [6.45, 7) is 0.0995. The van der Waals surface area contributed by atoms with Crippen molar-refractivity contribution in [3.8, 4) is 6.19 Å². The molecule has 1 aromatic heterocycles. The van der Waals surface area contributed by atoms with Gasteiger partial charge in [0.05, 0.1) is 24.2 Å². The summed E-state index contributed by atoms with van der Waals surface area (Å²) in [7, 11) is -2.79. The number of guanidine groups is 1. The number of benzene rings is 3. The zero-order valence-corrected chi connectivity index (χ0v) is 22.5. The van der Waals surface area contributed by atoms with Gasteiger partial charge >= 0.3 is 5.97 Å². The van der Waals surface area contributed by atoms with Crippen molar-refractivity contribution < 1.29 is 22.5 Å². The molecule has 0 fully saturated rings. The molecule has 0 spiro atoms. The van der Waals surface area contributed by atoms with E-state index in [4.69, 9.17) is 0 Å². The number of nitriles is 1. The number of methoxy groups -OCH3 is 1. The molecule has 2 N–H and O–H groups in total. The summed E-state index contributed by atoms with van der Waals surface area (Å²) in [4.78, 5) is 18.7. The molecule has 0 bridgehead atoms. The summed E-state index contributed by atoms with van der Waals surface area (Å²) in [5.74, 6) is -0.444. The summed E-state index contributed by atoms with van der Waals surface area (Å²) in [6, 6.07) is 24.7. The molecular weight excluding hydrogens is 540 g/mol. The van der Waals surface area contributed by atoms with Crippen LogP contribution in [0.15, 0.2) is 107 Å².